The second-order valence-corrected chi connectivity index (χ2v) is 15.2. The Bertz CT molecular complexity index is 1350. The lowest BCUT2D eigenvalue weighted by atomic mass is 10.2. The molecule has 0 radical (unpaired) electrons. The second-order valence-electron chi connectivity index (χ2n) is 10.7. The summed E-state index contributed by atoms with van der Waals surface area (Å²) in [5.74, 6) is 0.416. The quantitative estimate of drug-likeness (QED) is 0.204. The van der Waals surface area contributed by atoms with E-state index in [2.05, 4.69) is 0 Å². The van der Waals surface area contributed by atoms with Gasteiger partial charge >= 0.3 is 12.3 Å². The predicted molar refractivity (Wildman–Crippen MR) is 151 cm³/mol. The van der Waals surface area contributed by atoms with Gasteiger partial charge in [0.25, 0.3) is 10.1 Å². The summed E-state index contributed by atoms with van der Waals surface area (Å²) in [6.45, 7) is 10.3. The van der Waals surface area contributed by atoms with Gasteiger partial charge in [0.15, 0.2) is 0 Å². The van der Waals surface area contributed by atoms with Crippen molar-refractivity contribution in [3.63, 3.8) is 0 Å². The minimum atomic E-state index is -4.00. The van der Waals surface area contributed by atoms with Gasteiger partial charge in [-0.15, -0.1) is 0 Å². The molecule has 0 heterocycles. The van der Waals surface area contributed by atoms with Crippen molar-refractivity contribution >= 4 is 32.7 Å². The van der Waals surface area contributed by atoms with Crippen LogP contribution in [0.2, 0.25) is 0 Å². The molecule has 0 amide bonds. The zero-order valence-corrected chi connectivity index (χ0v) is 25.1. The summed E-state index contributed by atoms with van der Waals surface area (Å²) in [6.07, 6.45) is -0.748. The van der Waals surface area contributed by atoms with Crippen LogP contribution in [0, 0.1) is 0 Å². The van der Waals surface area contributed by atoms with Crippen LogP contribution in [0.5, 0.6) is 11.5 Å². The Morgan fingerprint density at radius 1 is 0.575 bits per heavy atom. The van der Waals surface area contributed by atoms with E-state index in [1.807, 2.05) is 6.07 Å². The molecule has 0 atom stereocenters. The van der Waals surface area contributed by atoms with Gasteiger partial charge in [-0.25, -0.2) is 13.2 Å². The molecule has 0 spiro atoms. The fourth-order valence-electron chi connectivity index (χ4n) is 3.46. The predicted octanol–water partition coefficient (Wildman–Crippen LogP) is 7.49. The van der Waals surface area contributed by atoms with E-state index in [-0.39, 0.29) is 11.5 Å². The first-order chi connectivity index (χ1) is 18.5. The average Bonchev–Trinajstić information content (AvgIpc) is 2.81. The van der Waals surface area contributed by atoms with E-state index < -0.39 is 43.9 Å². The first kappa shape index (κ1) is 31.0. The molecule has 3 rings (SSSR count). The summed E-state index contributed by atoms with van der Waals surface area (Å²) in [4.78, 5) is 25.9. The molecule has 40 heavy (non-hydrogen) atoms. The lowest BCUT2D eigenvalue weighted by molar-refractivity contribution is 0.0193. The summed E-state index contributed by atoms with van der Waals surface area (Å²) in [7, 11) is -6.87. The van der Waals surface area contributed by atoms with Crippen molar-refractivity contribution in [2.24, 2.45) is 0 Å². The smallest absolute Gasteiger partial charge is 0.428 e. The third kappa shape index (κ3) is 8.73. The fourth-order valence-corrected chi connectivity index (χ4v) is 8.28. The summed E-state index contributed by atoms with van der Waals surface area (Å²) < 4.78 is 52.3. The molecule has 3 aromatic rings. The number of rotatable bonds is 7. The molecule has 0 fully saturated rings. The van der Waals surface area contributed by atoms with E-state index in [4.69, 9.17) is 22.6 Å². The van der Waals surface area contributed by atoms with Gasteiger partial charge in [0, 0.05) is 14.7 Å². The van der Waals surface area contributed by atoms with Crippen molar-refractivity contribution in [3.8, 4) is 11.5 Å². The van der Waals surface area contributed by atoms with Crippen LogP contribution in [0.1, 0.15) is 41.5 Å². The van der Waals surface area contributed by atoms with Crippen LogP contribution >= 0.6 is 10.3 Å². The molecule has 11 heteroatoms. The van der Waals surface area contributed by atoms with Gasteiger partial charge in [0.2, 0.25) is 0 Å². The maximum Gasteiger partial charge on any atom is 0.514 e. The number of carbonyl (C=O) groups is 2. The maximum atomic E-state index is 12.7. The topological polar surface area (TPSA) is 114 Å². The van der Waals surface area contributed by atoms with Crippen LogP contribution in [0.3, 0.4) is 0 Å². The van der Waals surface area contributed by atoms with Crippen molar-refractivity contribution in [3.05, 3.63) is 78.9 Å². The van der Waals surface area contributed by atoms with Gasteiger partial charge in [-0.3, -0.25) is 0 Å². The molecule has 0 aliphatic rings. The van der Waals surface area contributed by atoms with Crippen molar-refractivity contribution < 1.29 is 40.6 Å². The molecule has 3 aromatic carbocycles. The van der Waals surface area contributed by atoms with Gasteiger partial charge in [0.1, 0.15) is 22.7 Å². The zero-order chi connectivity index (χ0) is 29.8. The lowest BCUT2D eigenvalue weighted by Crippen LogP contribution is -2.26. The largest absolute Gasteiger partial charge is 0.514 e. The van der Waals surface area contributed by atoms with Gasteiger partial charge < -0.3 is 18.9 Å². The van der Waals surface area contributed by atoms with Gasteiger partial charge in [-0.1, -0.05) is 18.2 Å². The highest BCUT2D eigenvalue weighted by atomic mass is 32.3. The highest BCUT2D eigenvalue weighted by Crippen LogP contribution is 2.70. The molecule has 0 aliphatic carbocycles. The standard InChI is InChI=1S/C29H34O9S2/c1-28(2,3)36-26(30)34-21-13-17-24(18-14-21)40(38-39(7,32)33,23-11-9-8-10-12-23)25-19-15-22(16-20-25)35-27(31)37-29(4,5)6/h8-20H,1-7H3. The normalized spacial score (nSPS) is 12.8. The first-order valence-electron chi connectivity index (χ1n) is 12.3. The van der Waals surface area contributed by atoms with Crippen LogP contribution in [0.15, 0.2) is 93.5 Å². The van der Waals surface area contributed by atoms with Crippen LogP contribution in [0.25, 0.3) is 0 Å². The third-order valence-corrected chi connectivity index (χ3v) is 9.41. The average molecular weight is 591 g/mol. The van der Waals surface area contributed by atoms with Gasteiger partial charge in [-0.2, -0.15) is 8.42 Å². The minimum Gasteiger partial charge on any atom is -0.428 e. The molecule has 0 unspecified atom stereocenters. The van der Waals surface area contributed by atoms with Crippen molar-refractivity contribution in [2.75, 3.05) is 6.26 Å². The molecule has 0 N–H and O–H groups in total. The monoisotopic (exact) mass is 590 g/mol. The summed E-state index contributed by atoms with van der Waals surface area (Å²) in [5.41, 5.74) is -1.46. The summed E-state index contributed by atoms with van der Waals surface area (Å²) in [6, 6.07) is 21.6. The Balaban J connectivity index is 2.07. The van der Waals surface area contributed by atoms with Crippen LogP contribution in [0.4, 0.5) is 9.59 Å². The van der Waals surface area contributed by atoms with Crippen molar-refractivity contribution in [1.82, 2.24) is 0 Å². The van der Waals surface area contributed by atoms with E-state index in [0.717, 1.165) is 6.26 Å². The van der Waals surface area contributed by atoms with E-state index in [1.165, 1.54) is 24.3 Å². The van der Waals surface area contributed by atoms with Crippen LogP contribution in [-0.2, 0) is 23.2 Å². The van der Waals surface area contributed by atoms with Crippen LogP contribution < -0.4 is 9.47 Å². The SMILES string of the molecule is CC(C)(C)OC(=O)Oc1ccc(S(OS(C)(=O)=O)(c2ccccc2)c2ccc(OC(=O)OC(C)(C)C)cc2)cc1. The highest BCUT2D eigenvalue weighted by Gasteiger charge is 2.36. The number of ether oxygens (including phenoxy) is 4. The Kier molecular flexibility index (Phi) is 9.23. The van der Waals surface area contributed by atoms with Gasteiger partial charge in [-0.05, 0) is 113 Å². The Morgan fingerprint density at radius 3 is 1.25 bits per heavy atom. The molecule has 0 bridgehead atoms. The molecule has 0 aliphatic heterocycles. The third-order valence-electron chi connectivity index (χ3n) is 4.79. The Labute approximate surface area is 237 Å². The Hall–Kier alpha value is -3.54. The molecule has 0 saturated heterocycles. The van der Waals surface area contributed by atoms with Crippen molar-refractivity contribution in [1.29, 1.82) is 0 Å². The first-order valence-corrected chi connectivity index (χ1v) is 15.7. The van der Waals surface area contributed by atoms with E-state index >= 15 is 0 Å². The lowest BCUT2D eigenvalue weighted by Gasteiger charge is -2.39. The van der Waals surface area contributed by atoms with Crippen molar-refractivity contribution in [2.45, 2.75) is 67.4 Å². The number of hydrogen-bond donors (Lipinski definition) is 0. The number of benzene rings is 3. The molecular formula is C29H34O9S2. The molecular weight excluding hydrogens is 556 g/mol. The van der Waals surface area contributed by atoms with Gasteiger partial charge in [0.05, 0.1) is 6.26 Å². The molecule has 0 aromatic heterocycles. The molecule has 9 nitrogen and oxygen atoms in total. The van der Waals surface area contributed by atoms with E-state index in [1.54, 1.807) is 90.1 Å². The summed E-state index contributed by atoms with van der Waals surface area (Å²) >= 11 is 0. The second kappa shape index (κ2) is 11.9. The minimum absolute atomic E-state index is 0.208. The molecule has 216 valence electrons. The highest BCUT2D eigenvalue weighted by molar-refractivity contribution is 8.33. The zero-order valence-electron chi connectivity index (χ0n) is 23.5. The summed E-state index contributed by atoms with van der Waals surface area (Å²) in [5, 5.41) is 0. The fraction of sp³-hybridized carbons (Fsp3) is 0.310. The van der Waals surface area contributed by atoms with E-state index in [9.17, 15) is 18.0 Å². The maximum absolute atomic E-state index is 12.7. The van der Waals surface area contributed by atoms with Crippen LogP contribution in [-0.4, -0.2) is 38.2 Å². The number of carbonyl (C=O) groups excluding carboxylic acids is 2. The number of hydrogen-bond acceptors (Lipinski definition) is 9. The Morgan fingerprint density at radius 2 is 0.925 bits per heavy atom. The molecule has 0 saturated carbocycles. The van der Waals surface area contributed by atoms with E-state index in [0.29, 0.717) is 14.7 Å².